The number of phenolic OH excluding ortho intramolecular Hbond substituents is 1. The molecule has 3 heterocycles. The number of hydrogen-bond acceptors (Lipinski definition) is 11. The quantitative estimate of drug-likeness (QED) is 0.0747. The number of benzene rings is 3. The molecule has 0 bridgehead atoms. The summed E-state index contributed by atoms with van der Waals surface area (Å²) in [6, 6.07) is 16.8. The maximum Gasteiger partial charge on any atom is 0.227 e. The third kappa shape index (κ3) is 10.4. The van der Waals surface area contributed by atoms with Crippen molar-refractivity contribution in [1.82, 2.24) is 19.9 Å². The lowest BCUT2D eigenvalue weighted by molar-refractivity contribution is 0.103. The van der Waals surface area contributed by atoms with Crippen LogP contribution < -0.4 is 14.8 Å². The van der Waals surface area contributed by atoms with Crippen LogP contribution in [0.4, 0.5) is 26.1 Å². The van der Waals surface area contributed by atoms with Gasteiger partial charge in [0.15, 0.2) is 0 Å². The van der Waals surface area contributed by atoms with Gasteiger partial charge in [-0.05, 0) is 86.4 Å². The number of halogens is 2. The number of likely N-dealkylation sites (tertiary alicyclic amines) is 1. The fourth-order valence-electron chi connectivity index (χ4n) is 5.73. The predicted molar refractivity (Wildman–Crippen MR) is 219 cm³/mol. The molecule has 53 heavy (non-hydrogen) atoms. The van der Waals surface area contributed by atoms with E-state index in [0.29, 0.717) is 28.8 Å². The van der Waals surface area contributed by atoms with Crippen molar-refractivity contribution in [2.75, 3.05) is 41.7 Å². The zero-order valence-corrected chi connectivity index (χ0v) is 33.5. The SMILES string of the molecule is CC.CCC(C)c1nc(-c2cccc(NSc3c(F)cccc3F)c2)c(-c2ccnc(Nc3cc(C)c(OC4CCN(CCSC)CC4)cc3O)n2)s1. The van der Waals surface area contributed by atoms with Gasteiger partial charge < -0.3 is 24.8 Å². The minimum Gasteiger partial charge on any atom is -0.506 e. The number of piperidine rings is 1. The molecule has 1 atom stereocenters. The zero-order valence-electron chi connectivity index (χ0n) is 31.1. The van der Waals surface area contributed by atoms with Crippen LogP contribution in [-0.2, 0) is 0 Å². The molecule has 1 fully saturated rings. The second-order valence-electron chi connectivity index (χ2n) is 12.6. The van der Waals surface area contributed by atoms with Crippen molar-refractivity contribution in [2.24, 2.45) is 0 Å². The van der Waals surface area contributed by atoms with E-state index in [1.165, 1.54) is 18.2 Å². The smallest absolute Gasteiger partial charge is 0.227 e. The number of thioether (sulfide) groups is 1. The molecule has 1 aliphatic heterocycles. The van der Waals surface area contributed by atoms with E-state index >= 15 is 0 Å². The molecule has 1 aliphatic rings. The van der Waals surface area contributed by atoms with Crippen molar-refractivity contribution in [3.63, 3.8) is 0 Å². The predicted octanol–water partition coefficient (Wildman–Crippen LogP) is 11.2. The van der Waals surface area contributed by atoms with Crippen molar-refractivity contribution in [3.8, 4) is 33.3 Å². The summed E-state index contributed by atoms with van der Waals surface area (Å²) in [7, 11) is 0. The highest BCUT2D eigenvalue weighted by Gasteiger charge is 2.23. The molecule has 1 saturated heterocycles. The second-order valence-corrected chi connectivity index (χ2v) is 15.4. The van der Waals surface area contributed by atoms with Crippen LogP contribution in [0.3, 0.4) is 0 Å². The van der Waals surface area contributed by atoms with E-state index in [1.807, 2.05) is 68.9 Å². The number of phenols is 1. The topological polar surface area (TPSA) is 95.4 Å². The molecule has 6 rings (SSSR count). The van der Waals surface area contributed by atoms with E-state index < -0.39 is 11.6 Å². The van der Waals surface area contributed by atoms with Gasteiger partial charge in [-0.25, -0.2) is 23.7 Å². The fraction of sp³-hybridized carbons (Fsp3) is 0.375. The maximum atomic E-state index is 14.3. The fourth-order valence-corrected chi connectivity index (χ4v) is 8.04. The van der Waals surface area contributed by atoms with E-state index in [9.17, 15) is 13.9 Å². The highest BCUT2D eigenvalue weighted by Crippen LogP contribution is 2.41. The van der Waals surface area contributed by atoms with Gasteiger partial charge in [0, 0.05) is 54.8 Å². The largest absolute Gasteiger partial charge is 0.506 e. The summed E-state index contributed by atoms with van der Waals surface area (Å²) in [5.41, 5.74) is 4.32. The van der Waals surface area contributed by atoms with Crippen LogP contribution >= 0.6 is 35.0 Å². The Morgan fingerprint density at radius 1 is 1.04 bits per heavy atom. The third-order valence-electron chi connectivity index (χ3n) is 8.87. The van der Waals surface area contributed by atoms with Gasteiger partial charge in [-0.1, -0.05) is 45.9 Å². The number of aromatic nitrogens is 3. The van der Waals surface area contributed by atoms with Crippen molar-refractivity contribution in [2.45, 2.75) is 70.8 Å². The van der Waals surface area contributed by atoms with Crippen molar-refractivity contribution in [1.29, 1.82) is 0 Å². The van der Waals surface area contributed by atoms with Gasteiger partial charge in [0.2, 0.25) is 5.95 Å². The molecule has 3 N–H and O–H groups in total. The van der Waals surface area contributed by atoms with Gasteiger partial charge in [0.25, 0.3) is 0 Å². The minimum absolute atomic E-state index is 0.0528. The monoisotopic (exact) mass is 778 g/mol. The Morgan fingerprint density at radius 3 is 2.49 bits per heavy atom. The first-order valence-electron chi connectivity index (χ1n) is 18.0. The molecule has 8 nitrogen and oxygen atoms in total. The van der Waals surface area contributed by atoms with Crippen LogP contribution in [0.15, 0.2) is 71.8 Å². The lowest BCUT2D eigenvalue weighted by Crippen LogP contribution is -2.39. The molecule has 5 aromatic rings. The first-order chi connectivity index (χ1) is 25.7. The van der Waals surface area contributed by atoms with Gasteiger partial charge in [-0.15, -0.1) is 11.3 Å². The molecule has 1 unspecified atom stereocenters. The number of aryl methyl sites for hydroxylation is 1. The number of nitrogens with one attached hydrogen (secondary N) is 2. The molecule has 0 spiro atoms. The number of thiazole rings is 1. The summed E-state index contributed by atoms with van der Waals surface area (Å²) in [6.45, 7) is 13.4. The molecule has 3 aromatic carbocycles. The maximum absolute atomic E-state index is 14.3. The van der Waals surface area contributed by atoms with E-state index in [2.05, 4.69) is 40.0 Å². The number of rotatable bonds is 14. The summed E-state index contributed by atoms with van der Waals surface area (Å²) in [4.78, 5) is 17.6. The summed E-state index contributed by atoms with van der Waals surface area (Å²) in [6.07, 6.45) is 6.78. The summed E-state index contributed by atoms with van der Waals surface area (Å²) in [5.74, 6) is 1.18. The molecule has 0 amide bonds. The number of nitrogens with zero attached hydrogens (tertiary/aromatic N) is 4. The van der Waals surface area contributed by atoms with E-state index in [4.69, 9.17) is 14.7 Å². The highest BCUT2D eigenvalue weighted by atomic mass is 32.2. The van der Waals surface area contributed by atoms with Gasteiger partial charge in [-0.3, -0.25) is 0 Å². The minimum atomic E-state index is -0.627. The van der Waals surface area contributed by atoms with Crippen LogP contribution in [0.5, 0.6) is 11.5 Å². The first-order valence-corrected chi connectivity index (χ1v) is 21.0. The van der Waals surface area contributed by atoms with Crippen LogP contribution in [0.1, 0.15) is 63.4 Å². The average Bonchev–Trinajstić information content (AvgIpc) is 3.63. The molecule has 2 aromatic heterocycles. The Balaban J connectivity index is 0.00000266. The molecule has 0 aliphatic carbocycles. The highest BCUT2D eigenvalue weighted by molar-refractivity contribution is 8.00. The number of aromatic hydroxyl groups is 1. The van der Waals surface area contributed by atoms with E-state index in [-0.39, 0.29) is 22.7 Å². The number of anilines is 3. The second kappa shape index (κ2) is 19.4. The van der Waals surface area contributed by atoms with Gasteiger partial charge in [-0.2, -0.15) is 11.8 Å². The molecular formula is C40H48F2N6O2S3. The van der Waals surface area contributed by atoms with Crippen LogP contribution in [0, 0.1) is 18.6 Å². The normalized spacial score (nSPS) is 14.0. The number of ether oxygens (including phenoxy) is 1. The lowest BCUT2D eigenvalue weighted by Gasteiger charge is -2.32. The van der Waals surface area contributed by atoms with Crippen molar-refractivity contribution in [3.05, 3.63) is 89.1 Å². The van der Waals surface area contributed by atoms with Gasteiger partial charge in [0.1, 0.15) is 29.2 Å². The molecule has 0 radical (unpaired) electrons. The summed E-state index contributed by atoms with van der Waals surface area (Å²) < 4.78 is 37.9. The Hall–Kier alpha value is -3.91. The van der Waals surface area contributed by atoms with Crippen LogP contribution in [0.25, 0.3) is 21.8 Å². The molecule has 0 saturated carbocycles. The Bertz CT molecular complexity index is 1930. The third-order valence-corrected chi connectivity index (χ3v) is 11.7. The van der Waals surface area contributed by atoms with Crippen molar-refractivity contribution >= 4 is 52.4 Å². The Kier molecular flexibility index (Phi) is 14.8. The summed E-state index contributed by atoms with van der Waals surface area (Å²) >= 11 is 4.33. The average molecular weight is 779 g/mol. The standard InChI is InChI=1S/C38H42F2N6O2S3.C2H6/c1-5-23(2)37-44-34(25-8-6-9-26(21-25)45-51-35-28(39)10-7-11-29(35)40)36(50-37)30-12-15-41-38(42-30)43-31-20-24(3)33(22-32(31)47)48-27-13-16-46(17-14-27)18-19-49-4;1-2/h6-12,15,20-23,27,45,47H,5,13-14,16-19H2,1-4H3,(H,41,42,43);1-2H3. The van der Waals surface area contributed by atoms with E-state index in [0.717, 1.165) is 83.3 Å². The van der Waals surface area contributed by atoms with Crippen LogP contribution in [0.2, 0.25) is 0 Å². The first kappa shape index (κ1) is 40.3. The van der Waals surface area contributed by atoms with E-state index in [1.54, 1.807) is 23.6 Å². The Morgan fingerprint density at radius 2 is 1.77 bits per heavy atom. The zero-order chi connectivity index (χ0) is 37.9. The summed E-state index contributed by atoms with van der Waals surface area (Å²) in [5, 5.41) is 15.2. The molecule has 282 valence electrons. The Labute approximate surface area is 324 Å². The van der Waals surface area contributed by atoms with Crippen molar-refractivity contribution < 1.29 is 18.6 Å². The van der Waals surface area contributed by atoms with Gasteiger partial charge in [0.05, 0.1) is 31.9 Å². The van der Waals surface area contributed by atoms with Gasteiger partial charge >= 0.3 is 0 Å². The number of hydrogen-bond donors (Lipinski definition) is 3. The van der Waals surface area contributed by atoms with Crippen LogP contribution in [-0.4, -0.2) is 62.7 Å². The molecular weight excluding hydrogens is 731 g/mol. The molecule has 13 heteroatoms. The lowest BCUT2D eigenvalue weighted by atomic mass is 10.1.